The van der Waals surface area contributed by atoms with E-state index >= 15 is 0 Å². The van der Waals surface area contributed by atoms with Crippen molar-refractivity contribution in [3.05, 3.63) is 52.3 Å². The molecule has 0 unspecified atom stereocenters. The van der Waals surface area contributed by atoms with E-state index < -0.39 is 10.4 Å². The van der Waals surface area contributed by atoms with Crippen LogP contribution >= 0.6 is 0 Å². The molecular weight excluding hydrogens is 429 g/mol. The molecule has 1 fully saturated rings. The number of anilines is 2. The van der Waals surface area contributed by atoms with Gasteiger partial charge in [0.25, 0.3) is 5.56 Å². The van der Waals surface area contributed by atoms with Gasteiger partial charge in [0.05, 0.1) is 12.4 Å². The molecule has 12 heteroatoms. The minimum absolute atomic E-state index is 0.133. The van der Waals surface area contributed by atoms with Crippen LogP contribution in [0.5, 0.6) is 0 Å². The van der Waals surface area contributed by atoms with E-state index in [2.05, 4.69) is 20.3 Å². The third-order valence-corrected chi connectivity index (χ3v) is 4.88. The van der Waals surface area contributed by atoms with Crippen LogP contribution in [0.2, 0.25) is 0 Å². The molecule has 1 aromatic carbocycles. The van der Waals surface area contributed by atoms with E-state index in [1.165, 1.54) is 18.7 Å². The van der Waals surface area contributed by atoms with Crippen molar-refractivity contribution < 1.29 is 21.9 Å². The van der Waals surface area contributed by atoms with E-state index in [0.29, 0.717) is 28.4 Å². The monoisotopic (exact) mass is 451 g/mol. The van der Waals surface area contributed by atoms with Gasteiger partial charge in [-0.1, -0.05) is 19.3 Å². The van der Waals surface area contributed by atoms with E-state index in [4.69, 9.17) is 17.5 Å². The Bertz CT molecular complexity index is 1230. The molecule has 10 nitrogen and oxygen atoms in total. The van der Waals surface area contributed by atoms with Crippen molar-refractivity contribution in [2.24, 2.45) is 0 Å². The number of nitrogens with zero attached hydrogens (tertiary/aromatic N) is 4. The highest BCUT2D eigenvalue weighted by Crippen LogP contribution is 2.29. The number of hydrogen-bond acceptors (Lipinski definition) is 7. The molecule has 0 radical (unpaired) electrons. The molecule has 1 aliphatic rings. The molecule has 2 aromatic heterocycles. The molecule has 1 aliphatic carbocycles. The number of rotatable bonds is 3. The quantitative estimate of drug-likeness (QED) is 0.510. The fraction of sp³-hybridized carbons (Fsp3) is 0.368. The number of fused-ring (bicyclic) bond motifs is 1. The van der Waals surface area contributed by atoms with Gasteiger partial charge in [-0.25, -0.2) is 14.4 Å². The molecule has 0 saturated heterocycles. The maximum Gasteiger partial charge on any atom is 0.394 e. The average Bonchev–Trinajstić information content (AvgIpc) is 2.70. The van der Waals surface area contributed by atoms with Crippen molar-refractivity contribution in [1.82, 2.24) is 19.5 Å². The first-order valence-electron chi connectivity index (χ1n) is 9.59. The second-order valence-electron chi connectivity index (χ2n) is 7.20. The summed E-state index contributed by atoms with van der Waals surface area (Å²) in [7, 11) is -4.67. The number of benzene rings is 1. The lowest BCUT2D eigenvalue weighted by Gasteiger charge is -2.24. The maximum atomic E-state index is 13.4. The Balaban J connectivity index is 0.000000491. The molecular formula is C19H22FN5O5S. The van der Waals surface area contributed by atoms with E-state index in [0.717, 1.165) is 25.7 Å². The third kappa shape index (κ3) is 6.26. The summed E-state index contributed by atoms with van der Waals surface area (Å²) in [6.45, 7) is 1.70. The average molecular weight is 451 g/mol. The zero-order chi connectivity index (χ0) is 22.6. The van der Waals surface area contributed by atoms with E-state index in [1.54, 1.807) is 29.8 Å². The molecule has 1 saturated carbocycles. The molecule has 4 rings (SSSR count). The molecule has 31 heavy (non-hydrogen) atoms. The highest BCUT2D eigenvalue weighted by Gasteiger charge is 2.20. The first-order valence-corrected chi connectivity index (χ1v) is 11.0. The van der Waals surface area contributed by atoms with Crippen molar-refractivity contribution >= 4 is 33.2 Å². The molecule has 0 aliphatic heterocycles. The van der Waals surface area contributed by atoms with Crippen molar-refractivity contribution in [3.8, 4) is 0 Å². The largest absolute Gasteiger partial charge is 0.394 e. The first-order chi connectivity index (χ1) is 14.6. The van der Waals surface area contributed by atoms with Gasteiger partial charge in [0.2, 0.25) is 5.95 Å². The van der Waals surface area contributed by atoms with E-state index in [1.807, 2.05) is 0 Å². The van der Waals surface area contributed by atoms with Crippen LogP contribution in [-0.4, -0.2) is 37.0 Å². The number of aromatic nitrogens is 4. The lowest BCUT2D eigenvalue weighted by Crippen LogP contribution is -2.27. The Morgan fingerprint density at radius 3 is 2.45 bits per heavy atom. The van der Waals surface area contributed by atoms with E-state index in [-0.39, 0.29) is 17.4 Å². The van der Waals surface area contributed by atoms with Gasteiger partial charge < -0.3 is 5.32 Å². The number of hydrogen-bond donors (Lipinski definition) is 3. The Morgan fingerprint density at radius 2 is 1.81 bits per heavy atom. The second-order valence-corrected chi connectivity index (χ2v) is 8.09. The number of nitrogens with one attached hydrogen (secondary N) is 1. The molecule has 0 atom stereocenters. The van der Waals surface area contributed by atoms with Crippen LogP contribution in [0.1, 0.15) is 43.7 Å². The summed E-state index contributed by atoms with van der Waals surface area (Å²) in [5.74, 6) is 0.103. The highest BCUT2D eigenvalue weighted by molar-refractivity contribution is 7.79. The van der Waals surface area contributed by atoms with Crippen LogP contribution in [0.4, 0.5) is 16.0 Å². The van der Waals surface area contributed by atoms with Crippen LogP contribution in [0, 0.1) is 12.7 Å². The predicted molar refractivity (Wildman–Crippen MR) is 112 cm³/mol. The normalized spacial score (nSPS) is 14.7. The summed E-state index contributed by atoms with van der Waals surface area (Å²) >= 11 is 0. The predicted octanol–water partition coefficient (Wildman–Crippen LogP) is 3.23. The van der Waals surface area contributed by atoms with Gasteiger partial charge in [0, 0.05) is 11.7 Å². The molecule has 3 aromatic rings. The van der Waals surface area contributed by atoms with Crippen LogP contribution in [-0.2, 0) is 10.4 Å². The molecule has 0 spiro atoms. The fourth-order valence-corrected chi connectivity index (χ4v) is 3.53. The van der Waals surface area contributed by atoms with Crippen molar-refractivity contribution in [2.75, 3.05) is 5.32 Å². The lowest BCUT2D eigenvalue weighted by molar-refractivity contribution is 0.352. The summed E-state index contributed by atoms with van der Waals surface area (Å²) < 4.78 is 46.8. The van der Waals surface area contributed by atoms with Crippen LogP contribution in [0.3, 0.4) is 0 Å². The number of halogens is 1. The highest BCUT2D eigenvalue weighted by atomic mass is 32.3. The van der Waals surface area contributed by atoms with Crippen LogP contribution in [0.15, 0.2) is 35.4 Å². The van der Waals surface area contributed by atoms with Gasteiger partial charge in [0.1, 0.15) is 11.3 Å². The van der Waals surface area contributed by atoms with Crippen molar-refractivity contribution in [2.45, 2.75) is 45.1 Å². The Labute approximate surface area is 177 Å². The molecule has 3 N–H and O–H groups in total. The standard InChI is InChI=1S/C19H20FN5O.H2O4S/c1-12-9-13(7-8-15(12)20)23-19-22-10-16-18(24-19)25(17(26)11-21-16)14-5-3-2-4-6-14;1-5(2,3)4/h7-11,14H,2-6H2,1H3,(H,22,23,24);(H2,1,2,3,4). The topological polar surface area (TPSA) is 147 Å². The zero-order valence-corrected chi connectivity index (χ0v) is 17.5. The first kappa shape index (κ1) is 22.7. The van der Waals surface area contributed by atoms with Crippen LogP contribution < -0.4 is 10.9 Å². The maximum absolute atomic E-state index is 13.4. The summed E-state index contributed by atoms with van der Waals surface area (Å²) in [5.41, 5.74) is 2.23. The van der Waals surface area contributed by atoms with Gasteiger partial charge >= 0.3 is 10.4 Å². The summed E-state index contributed by atoms with van der Waals surface area (Å²) in [5, 5.41) is 3.08. The van der Waals surface area contributed by atoms with E-state index in [9.17, 15) is 9.18 Å². The molecule has 2 heterocycles. The second kappa shape index (κ2) is 9.45. The number of aryl methyl sites for hydroxylation is 1. The van der Waals surface area contributed by atoms with Crippen molar-refractivity contribution in [3.63, 3.8) is 0 Å². The SMILES string of the molecule is Cc1cc(Nc2ncc3ncc(=O)n(C4CCCCC4)c3n2)ccc1F.O=S(=O)(O)O. The molecule has 0 bridgehead atoms. The zero-order valence-electron chi connectivity index (χ0n) is 16.7. The van der Waals surface area contributed by atoms with Crippen molar-refractivity contribution in [1.29, 1.82) is 0 Å². The minimum atomic E-state index is -4.67. The lowest BCUT2D eigenvalue weighted by atomic mass is 9.95. The van der Waals surface area contributed by atoms with Crippen LogP contribution in [0.25, 0.3) is 11.2 Å². The summed E-state index contributed by atoms with van der Waals surface area (Å²) in [6, 6.07) is 4.88. The minimum Gasteiger partial charge on any atom is -0.324 e. The molecule has 166 valence electrons. The van der Waals surface area contributed by atoms with Gasteiger partial charge in [-0.2, -0.15) is 13.4 Å². The van der Waals surface area contributed by atoms with Gasteiger partial charge in [-0.3, -0.25) is 18.5 Å². The Morgan fingerprint density at radius 1 is 1.13 bits per heavy atom. The Kier molecular flexibility index (Phi) is 6.93. The molecule has 0 amide bonds. The Hall–Kier alpha value is -2.96. The van der Waals surface area contributed by atoms with Gasteiger partial charge in [-0.05, 0) is 43.5 Å². The smallest absolute Gasteiger partial charge is 0.324 e. The van der Waals surface area contributed by atoms with Gasteiger partial charge in [-0.15, -0.1) is 0 Å². The fourth-order valence-electron chi connectivity index (χ4n) is 3.53. The summed E-state index contributed by atoms with van der Waals surface area (Å²) in [6.07, 6.45) is 8.35. The van der Waals surface area contributed by atoms with Gasteiger partial charge in [0.15, 0.2) is 5.65 Å². The summed E-state index contributed by atoms with van der Waals surface area (Å²) in [4.78, 5) is 25.5. The third-order valence-electron chi connectivity index (χ3n) is 4.88.